The van der Waals surface area contributed by atoms with Gasteiger partial charge in [-0.25, -0.2) is 0 Å². The first-order valence-electron chi connectivity index (χ1n) is 6.09. The van der Waals surface area contributed by atoms with Crippen molar-refractivity contribution in [1.82, 2.24) is 0 Å². The fourth-order valence-corrected chi connectivity index (χ4v) is 2.04. The minimum atomic E-state index is -0.221. The molecular weight excluding hydrogens is 268 g/mol. The average molecular weight is 285 g/mol. The molecule has 2 rings (SSSR count). The van der Waals surface area contributed by atoms with Crippen LogP contribution in [0.1, 0.15) is 32.8 Å². The first-order chi connectivity index (χ1) is 8.85. The summed E-state index contributed by atoms with van der Waals surface area (Å²) in [5.74, 6) is 0.919. The fourth-order valence-electron chi connectivity index (χ4n) is 1.75. The summed E-state index contributed by atoms with van der Waals surface area (Å²) in [6.07, 6.45) is 0.380. The Morgan fingerprint density at radius 1 is 1.37 bits per heavy atom. The van der Waals surface area contributed by atoms with Gasteiger partial charge >= 0.3 is 5.97 Å². The Hall–Kier alpha value is -1.42. The van der Waals surface area contributed by atoms with Crippen LogP contribution in [0.15, 0.2) is 12.1 Å². The summed E-state index contributed by atoms with van der Waals surface area (Å²) in [6, 6.07) is 3.50. The number of ether oxygens (including phenoxy) is 3. The summed E-state index contributed by atoms with van der Waals surface area (Å²) in [7, 11) is 0. The smallest absolute Gasteiger partial charge is 0.306 e. The highest BCUT2D eigenvalue weighted by Crippen LogP contribution is 2.39. The van der Waals surface area contributed by atoms with Crippen molar-refractivity contribution in [2.45, 2.75) is 33.8 Å². The number of halogens is 1. The van der Waals surface area contributed by atoms with E-state index in [0.29, 0.717) is 22.9 Å². The van der Waals surface area contributed by atoms with E-state index in [1.54, 1.807) is 12.1 Å². The summed E-state index contributed by atoms with van der Waals surface area (Å²) in [6.45, 7) is 6.33. The number of fused-ring (bicyclic) bond motifs is 1. The van der Waals surface area contributed by atoms with Crippen LogP contribution in [0.4, 0.5) is 0 Å². The molecule has 1 aliphatic heterocycles. The monoisotopic (exact) mass is 284 g/mol. The number of benzene rings is 1. The van der Waals surface area contributed by atoms with E-state index in [0.717, 1.165) is 5.56 Å². The first kappa shape index (κ1) is 14.0. The van der Waals surface area contributed by atoms with Crippen molar-refractivity contribution in [3.05, 3.63) is 22.7 Å². The summed E-state index contributed by atoms with van der Waals surface area (Å²) >= 11 is 6.05. The molecule has 0 aromatic heterocycles. The number of rotatable bonds is 3. The van der Waals surface area contributed by atoms with Crippen LogP contribution in [0.25, 0.3) is 0 Å². The van der Waals surface area contributed by atoms with Crippen molar-refractivity contribution in [1.29, 1.82) is 0 Å². The topological polar surface area (TPSA) is 44.8 Å². The largest absolute Gasteiger partial charge is 0.461 e. The van der Waals surface area contributed by atoms with Crippen molar-refractivity contribution in [2.24, 2.45) is 5.41 Å². The van der Waals surface area contributed by atoms with Gasteiger partial charge in [-0.15, -0.1) is 0 Å². The Labute approximate surface area is 117 Å². The third kappa shape index (κ3) is 3.77. The molecule has 4 nitrogen and oxygen atoms in total. The Kier molecular flexibility index (Phi) is 3.90. The van der Waals surface area contributed by atoms with E-state index in [4.69, 9.17) is 25.8 Å². The Morgan fingerprint density at radius 2 is 2.11 bits per heavy atom. The van der Waals surface area contributed by atoms with Gasteiger partial charge in [0.1, 0.15) is 6.61 Å². The normalized spacial score (nSPS) is 13.5. The summed E-state index contributed by atoms with van der Waals surface area (Å²) in [4.78, 5) is 11.6. The molecule has 0 saturated carbocycles. The van der Waals surface area contributed by atoms with Crippen molar-refractivity contribution >= 4 is 17.6 Å². The molecule has 0 fully saturated rings. The first-order valence-corrected chi connectivity index (χ1v) is 6.46. The summed E-state index contributed by atoms with van der Waals surface area (Å²) < 4.78 is 15.7. The average Bonchev–Trinajstić information content (AvgIpc) is 2.72. The Bertz CT molecular complexity index is 491. The van der Waals surface area contributed by atoms with Gasteiger partial charge in [0.15, 0.2) is 11.5 Å². The van der Waals surface area contributed by atoms with Crippen molar-refractivity contribution in [3.8, 4) is 11.5 Å². The van der Waals surface area contributed by atoms with Crippen LogP contribution >= 0.6 is 11.6 Å². The van der Waals surface area contributed by atoms with Crippen LogP contribution in [-0.2, 0) is 16.1 Å². The van der Waals surface area contributed by atoms with E-state index >= 15 is 0 Å². The van der Waals surface area contributed by atoms with Gasteiger partial charge in [0.2, 0.25) is 6.79 Å². The molecule has 0 N–H and O–H groups in total. The van der Waals surface area contributed by atoms with Gasteiger partial charge in [0, 0.05) is 0 Å². The molecule has 1 aromatic rings. The van der Waals surface area contributed by atoms with Gasteiger partial charge in [-0.1, -0.05) is 32.4 Å². The van der Waals surface area contributed by atoms with Crippen molar-refractivity contribution in [2.75, 3.05) is 6.79 Å². The van der Waals surface area contributed by atoms with E-state index in [2.05, 4.69) is 0 Å². The highest BCUT2D eigenvalue weighted by Gasteiger charge is 2.20. The zero-order valence-electron chi connectivity index (χ0n) is 11.3. The van der Waals surface area contributed by atoms with Crippen LogP contribution < -0.4 is 9.47 Å². The maximum atomic E-state index is 11.6. The molecule has 0 aliphatic carbocycles. The molecule has 0 radical (unpaired) electrons. The van der Waals surface area contributed by atoms with Gasteiger partial charge in [-0.3, -0.25) is 4.79 Å². The Balaban J connectivity index is 1.97. The molecule has 19 heavy (non-hydrogen) atoms. The predicted octanol–water partition coefficient (Wildman–Crippen LogP) is 3.55. The third-order valence-electron chi connectivity index (χ3n) is 2.56. The number of esters is 1. The van der Waals surface area contributed by atoms with E-state index in [1.165, 1.54) is 0 Å². The minimum Gasteiger partial charge on any atom is -0.461 e. The second kappa shape index (κ2) is 5.29. The third-order valence-corrected chi connectivity index (χ3v) is 2.84. The standard InChI is InChI=1S/C14H17ClO4/c1-14(2,3)6-12(16)17-7-9-4-10(15)13-11(5-9)18-8-19-13/h4-5H,6-8H2,1-3H3. The van der Waals surface area contributed by atoms with Crippen molar-refractivity contribution < 1.29 is 19.0 Å². The zero-order valence-corrected chi connectivity index (χ0v) is 12.0. The van der Waals surface area contributed by atoms with Gasteiger partial charge in [0.05, 0.1) is 11.4 Å². The van der Waals surface area contributed by atoms with E-state index in [-0.39, 0.29) is 24.8 Å². The minimum absolute atomic E-state index is 0.0797. The predicted molar refractivity (Wildman–Crippen MR) is 71.4 cm³/mol. The maximum absolute atomic E-state index is 11.6. The molecule has 0 atom stereocenters. The van der Waals surface area contributed by atoms with Crippen molar-refractivity contribution in [3.63, 3.8) is 0 Å². The lowest BCUT2D eigenvalue weighted by Crippen LogP contribution is -2.15. The molecule has 0 unspecified atom stereocenters. The van der Waals surface area contributed by atoms with Gasteiger partial charge in [0.25, 0.3) is 0 Å². The maximum Gasteiger partial charge on any atom is 0.306 e. The lowest BCUT2D eigenvalue weighted by atomic mass is 9.92. The van der Waals surface area contributed by atoms with Crippen LogP contribution in [0.3, 0.4) is 0 Å². The van der Waals surface area contributed by atoms with Crippen LogP contribution in [0.5, 0.6) is 11.5 Å². The van der Waals surface area contributed by atoms with E-state index in [1.807, 2.05) is 20.8 Å². The number of carbonyl (C=O) groups is 1. The molecule has 5 heteroatoms. The van der Waals surface area contributed by atoms with Crippen LogP contribution in [0, 0.1) is 5.41 Å². The Morgan fingerprint density at radius 3 is 2.79 bits per heavy atom. The second-order valence-electron chi connectivity index (χ2n) is 5.71. The molecule has 1 aromatic carbocycles. The molecular formula is C14H17ClO4. The zero-order chi connectivity index (χ0) is 14.0. The number of hydrogen-bond acceptors (Lipinski definition) is 4. The molecule has 104 valence electrons. The highest BCUT2D eigenvalue weighted by molar-refractivity contribution is 6.32. The fraction of sp³-hybridized carbons (Fsp3) is 0.500. The number of hydrogen-bond donors (Lipinski definition) is 0. The lowest BCUT2D eigenvalue weighted by Gasteiger charge is -2.16. The SMILES string of the molecule is CC(C)(C)CC(=O)OCc1cc(Cl)c2c(c1)OCO2. The molecule has 0 amide bonds. The highest BCUT2D eigenvalue weighted by atomic mass is 35.5. The summed E-state index contributed by atoms with van der Waals surface area (Å²) in [5, 5.41) is 0.469. The van der Waals surface area contributed by atoms with Gasteiger partial charge < -0.3 is 14.2 Å². The molecule has 0 saturated heterocycles. The van der Waals surface area contributed by atoms with Gasteiger partial charge in [-0.05, 0) is 23.1 Å². The quantitative estimate of drug-likeness (QED) is 0.796. The number of carbonyl (C=O) groups excluding carboxylic acids is 1. The van der Waals surface area contributed by atoms with E-state index in [9.17, 15) is 4.79 Å². The molecule has 1 heterocycles. The van der Waals surface area contributed by atoms with Crippen LogP contribution in [0.2, 0.25) is 5.02 Å². The molecule has 1 aliphatic rings. The van der Waals surface area contributed by atoms with Crippen LogP contribution in [-0.4, -0.2) is 12.8 Å². The lowest BCUT2D eigenvalue weighted by molar-refractivity contribution is -0.147. The van der Waals surface area contributed by atoms with Gasteiger partial charge in [-0.2, -0.15) is 0 Å². The molecule has 0 bridgehead atoms. The molecule has 0 spiro atoms. The second-order valence-corrected chi connectivity index (χ2v) is 6.12. The summed E-state index contributed by atoms with van der Waals surface area (Å²) in [5.41, 5.74) is 0.709. The van der Waals surface area contributed by atoms with E-state index < -0.39 is 0 Å².